The SMILES string of the molecule is C.CCOC(=O)c1ccc(-c2cc(OC)ccc2F)c(Cl)c1.CCOC(=O)c1ccc(OS(=O)(=O)C(F)(F)F)c(Cl)c1. The molecule has 3 aromatic rings. The smallest absolute Gasteiger partial charge is 0.497 e. The number of carbonyl (C=O) groups is 2. The number of methoxy groups -OCH3 is 1. The van der Waals surface area contributed by atoms with Gasteiger partial charge in [-0.1, -0.05) is 36.7 Å². The van der Waals surface area contributed by atoms with Crippen LogP contribution in [0.1, 0.15) is 42.0 Å². The van der Waals surface area contributed by atoms with E-state index >= 15 is 0 Å². The van der Waals surface area contributed by atoms with Crippen LogP contribution in [0.2, 0.25) is 10.0 Å². The maximum absolute atomic E-state index is 13.9. The molecule has 0 aliphatic rings. The van der Waals surface area contributed by atoms with E-state index in [1.54, 1.807) is 32.0 Å². The molecule has 0 atom stereocenters. The van der Waals surface area contributed by atoms with Gasteiger partial charge < -0.3 is 18.4 Å². The van der Waals surface area contributed by atoms with E-state index in [9.17, 15) is 35.6 Å². The molecule has 15 heteroatoms. The number of hydrogen-bond donors (Lipinski definition) is 0. The van der Waals surface area contributed by atoms with Gasteiger partial charge in [0.15, 0.2) is 5.75 Å². The number of hydrogen-bond acceptors (Lipinski definition) is 8. The predicted octanol–water partition coefficient (Wildman–Crippen LogP) is 7.71. The fourth-order valence-electron chi connectivity index (χ4n) is 2.99. The molecule has 0 fully saturated rings. The van der Waals surface area contributed by atoms with Crippen molar-refractivity contribution in [2.45, 2.75) is 26.8 Å². The number of carbonyl (C=O) groups excluding carboxylic acids is 2. The molecule has 0 amide bonds. The van der Waals surface area contributed by atoms with Crippen LogP contribution in [0.15, 0.2) is 54.6 Å². The van der Waals surface area contributed by atoms with E-state index in [1.807, 2.05) is 0 Å². The van der Waals surface area contributed by atoms with Crippen molar-refractivity contribution < 1.29 is 54.0 Å². The Morgan fingerprint density at radius 2 is 1.33 bits per heavy atom. The van der Waals surface area contributed by atoms with E-state index in [1.165, 1.54) is 25.3 Å². The third-order valence-corrected chi connectivity index (χ3v) is 6.44. The zero-order valence-electron chi connectivity index (χ0n) is 21.6. The predicted molar refractivity (Wildman–Crippen MR) is 149 cm³/mol. The standard InChI is InChI=1S/C16H14ClFO3.C10H8ClF3O5S.CH4/c1-3-21-16(19)10-4-6-12(14(17)8-10)13-9-11(20-2)5-7-15(13)18;1-2-18-9(15)6-3-4-8(7(11)5-6)19-20(16,17)10(12,13)14;/h4-9H,3H2,1-2H3;3-5H,2H2,1H3;1H4. The average molecular weight is 657 g/mol. The summed E-state index contributed by atoms with van der Waals surface area (Å²) in [5.41, 5.74) is -4.49. The van der Waals surface area contributed by atoms with Gasteiger partial charge in [0.2, 0.25) is 0 Å². The minimum Gasteiger partial charge on any atom is -0.497 e. The topological polar surface area (TPSA) is 105 Å². The van der Waals surface area contributed by atoms with Crippen molar-refractivity contribution in [3.05, 3.63) is 81.6 Å². The molecule has 0 aromatic heterocycles. The average Bonchev–Trinajstić information content (AvgIpc) is 2.90. The minimum atomic E-state index is -5.82. The Morgan fingerprint density at radius 1 is 0.810 bits per heavy atom. The number of benzene rings is 3. The molecule has 8 nitrogen and oxygen atoms in total. The highest BCUT2D eigenvalue weighted by atomic mass is 35.5. The van der Waals surface area contributed by atoms with Crippen molar-refractivity contribution in [1.29, 1.82) is 0 Å². The van der Waals surface area contributed by atoms with Crippen LogP contribution in [0.3, 0.4) is 0 Å². The number of esters is 2. The van der Waals surface area contributed by atoms with Crippen molar-refractivity contribution in [2.75, 3.05) is 20.3 Å². The van der Waals surface area contributed by atoms with Gasteiger partial charge in [0.05, 0.1) is 36.5 Å². The summed E-state index contributed by atoms with van der Waals surface area (Å²) in [5.74, 6) is -1.84. The molecule has 0 spiro atoms. The lowest BCUT2D eigenvalue weighted by Gasteiger charge is -2.11. The molecule has 0 radical (unpaired) electrons. The molecule has 3 aromatic carbocycles. The second-order valence-corrected chi connectivity index (χ2v) is 9.96. The summed E-state index contributed by atoms with van der Waals surface area (Å²) in [6.45, 7) is 3.66. The summed E-state index contributed by atoms with van der Waals surface area (Å²) in [6.07, 6.45) is 0. The summed E-state index contributed by atoms with van der Waals surface area (Å²) < 4.78 is 90.4. The van der Waals surface area contributed by atoms with E-state index in [0.717, 1.165) is 18.2 Å². The molecule has 3 rings (SSSR count). The van der Waals surface area contributed by atoms with Crippen LogP contribution in [-0.4, -0.2) is 46.2 Å². The van der Waals surface area contributed by atoms with E-state index < -0.39 is 44.2 Å². The lowest BCUT2D eigenvalue weighted by Crippen LogP contribution is -2.28. The first-order chi connectivity index (χ1) is 19.1. The monoisotopic (exact) mass is 656 g/mol. The third kappa shape index (κ3) is 9.50. The Labute approximate surface area is 250 Å². The van der Waals surface area contributed by atoms with E-state index in [-0.39, 0.29) is 31.2 Å². The van der Waals surface area contributed by atoms with Gasteiger partial charge >= 0.3 is 27.6 Å². The van der Waals surface area contributed by atoms with Gasteiger partial charge in [0.1, 0.15) is 11.6 Å². The second-order valence-electron chi connectivity index (χ2n) is 7.61. The summed E-state index contributed by atoms with van der Waals surface area (Å²) in [6, 6.07) is 11.8. The number of halogens is 6. The van der Waals surface area contributed by atoms with Crippen molar-refractivity contribution in [1.82, 2.24) is 0 Å². The zero-order chi connectivity index (χ0) is 31.0. The molecule has 0 saturated carbocycles. The first-order valence-electron chi connectivity index (χ1n) is 11.4. The van der Waals surface area contributed by atoms with Crippen LogP contribution in [-0.2, 0) is 19.6 Å². The fraction of sp³-hybridized carbons (Fsp3) is 0.259. The summed E-state index contributed by atoms with van der Waals surface area (Å²) >= 11 is 11.7. The van der Waals surface area contributed by atoms with Gasteiger partial charge in [-0.25, -0.2) is 14.0 Å². The lowest BCUT2D eigenvalue weighted by molar-refractivity contribution is -0.0500. The van der Waals surface area contributed by atoms with Crippen molar-refractivity contribution in [3.8, 4) is 22.6 Å². The molecular formula is C27H26Cl2F4O8S. The zero-order valence-corrected chi connectivity index (χ0v) is 23.9. The van der Waals surface area contributed by atoms with Gasteiger partial charge in [-0.15, -0.1) is 0 Å². The van der Waals surface area contributed by atoms with Crippen molar-refractivity contribution in [3.63, 3.8) is 0 Å². The molecule has 0 aliphatic heterocycles. The first-order valence-corrected chi connectivity index (χ1v) is 13.6. The molecule has 0 aliphatic carbocycles. The van der Waals surface area contributed by atoms with Crippen LogP contribution < -0.4 is 8.92 Å². The highest BCUT2D eigenvalue weighted by molar-refractivity contribution is 7.88. The van der Waals surface area contributed by atoms with E-state index in [2.05, 4.69) is 8.92 Å². The quantitative estimate of drug-likeness (QED) is 0.105. The van der Waals surface area contributed by atoms with Crippen molar-refractivity contribution >= 4 is 45.3 Å². The lowest BCUT2D eigenvalue weighted by atomic mass is 10.0. The number of alkyl halides is 3. The Morgan fingerprint density at radius 3 is 1.79 bits per heavy atom. The Hall–Kier alpha value is -3.55. The summed E-state index contributed by atoms with van der Waals surface area (Å²) in [5, 5.41) is -0.198. The Kier molecular flexibility index (Phi) is 13.6. The normalized spacial score (nSPS) is 10.9. The third-order valence-electron chi connectivity index (χ3n) is 4.87. The van der Waals surface area contributed by atoms with Gasteiger partial charge in [-0.2, -0.15) is 21.6 Å². The van der Waals surface area contributed by atoms with Crippen molar-refractivity contribution in [2.24, 2.45) is 0 Å². The molecule has 0 saturated heterocycles. The number of rotatable bonds is 8. The Balaban J connectivity index is 0.000000411. The van der Waals surface area contributed by atoms with E-state index in [4.69, 9.17) is 32.7 Å². The molecule has 0 N–H and O–H groups in total. The van der Waals surface area contributed by atoms with E-state index in [0.29, 0.717) is 22.4 Å². The largest absolute Gasteiger partial charge is 0.534 e. The summed E-state index contributed by atoms with van der Waals surface area (Å²) in [7, 11) is -4.31. The van der Waals surface area contributed by atoms with Crippen LogP contribution >= 0.6 is 23.2 Å². The highest BCUT2D eigenvalue weighted by Gasteiger charge is 2.48. The Bertz CT molecular complexity index is 1510. The highest BCUT2D eigenvalue weighted by Crippen LogP contribution is 2.34. The number of ether oxygens (including phenoxy) is 3. The second kappa shape index (κ2) is 15.6. The van der Waals surface area contributed by atoms with Gasteiger partial charge in [0, 0.05) is 16.1 Å². The molecule has 0 bridgehead atoms. The molecule has 0 heterocycles. The van der Waals surface area contributed by atoms with Crippen LogP contribution in [0.25, 0.3) is 11.1 Å². The summed E-state index contributed by atoms with van der Waals surface area (Å²) in [4.78, 5) is 23.0. The fourth-order valence-corrected chi connectivity index (χ4v) is 4.01. The maximum atomic E-state index is 13.9. The molecule has 230 valence electrons. The maximum Gasteiger partial charge on any atom is 0.534 e. The first kappa shape index (κ1) is 36.5. The van der Waals surface area contributed by atoms with Gasteiger partial charge in [-0.3, -0.25) is 0 Å². The van der Waals surface area contributed by atoms with Crippen LogP contribution in [0, 0.1) is 5.82 Å². The minimum absolute atomic E-state index is 0. The van der Waals surface area contributed by atoms with Gasteiger partial charge in [0.25, 0.3) is 0 Å². The molecule has 0 unspecified atom stereocenters. The molecule has 42 heavy (non-hydrogen) atoms. The molecular weight excluding hydrogens is 631 g/mol. The van der Waals surface area contributed by atoms with Gasteiger partial charge in [-0.05, 0) is 62.4 Å². The van der Waals surface area contributed by atoms with Crippen LogP contribution in [0.4, 0.5) is 17.6 Å². The van der Waals surface area contributed by atoms with Crippen LogP contribution in [0.5, 0.6) is 11.5 Å².